The lowest BCUT2D eigenvalue weighted by molar-refractivity contribution is 0.00400. The molecule has 1 saturated carbocycles. The van der Waals surface area contributed by atoms with Crippen LogP contribution in [-0.4, -0.2) is 35.5 Å². The summed E-state index contributed by atoms with van der Waals surface area (Å²) in [6, 6.07) is 0. The van der Waals surface area contributed by atoms with Gasteiger partial charge >= 0.3 is 0 Å². The van der Waals surface area contributed by atoms with E-state index in [9.17, 15) is 5.11 Å². The Morgan fingerprint density at radius 2 is 1.93 bits per heavy atom. The van der Waals surface area contributed by atoms with Crippen molar-refractivity contribution in [3.05, 3.63) is 0 Å². The van der Waals surface area contributed by atoms with Gasteiger partial charge in [-0.2, -0.15) is 0 Å². The van der Waals surface area contributed by atoms with E-state index in [0.29, 0.717) is 6.54 Å². The fourth-order valence-corrected chi connectivity index (χ4v) is 2.00. The molecule has 1 aliphatic rings. The van der Waals surface area contributed by atoms with E-state index in [4.69, 9.17) is 5.11 Å². The van der Waals surface area contributed by atoms with Crippen LogP contribution in [0.3, 0.4) is 0 Å². The van der Waals surface area contributed by atoms with Gasteiger partial charge in [0.1, 0.15) is 0 Å². The first-order valence-electron chi connectivity index (χ1n) is 5.70. The van der Waals surface area contributed by atoms with E-state index in [-0.39, 0.29) is 12.5 Å². The van der Waals surface area contributed by atoms with Crippen LogP contribution >= 0.6 is 0 Å². The highest BCUT2D eigenvalue weighted by Gasteiger charge is 2.28. The van der Waals surface area contributed by atoms with E-state index in [0.717, 1.165) is 32.2 Å². The van der Waals surface area contributed by atoms with E-state index in [1.807, 2.05) is 6.92 Å². The van der Waals surface area contributed by atoms with Crippen molar-refractivity contribution in [1.29, 1.82) is 0 Å². The maximum absolute atomic E-state index is 10.1. The lowest BCUT2D eigenvalue weighted by Gasteiger charge is -2.32. The Bertz CT molecular complexity index is 155. The van der Waals surface area contributed by atoms with Crippen molar-refractivity contribution >= 4 is 0 Å². The largest absolute Gasteiger partial charge is 0.396 e. The number of rotatable bonds is 5. The van der Waals surface area contributed by atoms with Gasteiger partial charge in [-0.1, -0.05) is 26.2 Å². The predicted octanol–water partition coefficient (Wildman–Crippen LogP) is 0.900. The van der Waals surface area contributed by atoms with Crippen LogP contribution in [0, 0.1) is 5.92 Å². The molecule has 1 rings (SSSR count). The summed E-state index contributed by atoms with van der Waals surface area (Å²) in [4.78, 5) is 0. The predicted molar refractivity (Wildman–Crippen MR) is 57.2 cm³/mol. The molecule has 3 nitrogen and oxygen atoms in total. The Hall–Kier alpha value is -0.120. The molecule has 3 heteroatoms. The third-order valence-electron chi connectivity index (χ3n) is 3.04. The summed E-state index contributed by atoms with van der Waals surface area (Å²) >= 11 is 0. The average molecular weight is 201 g/mol. The summed E-state index contributed by atoms with van der Waals surface area (Å²) in [6.07, 6.45) is 5.40. The van der Waals surface area contributed by atoms with Crippen molar-refractivity contribution < 1.29 is 10.2 Å². The molecule has 0 amide bonds. The number of nitrogens with one attached hydrogen (secondary N) is 1. The van der Waals surface area contributed by atoms with E-state index in [2.05, 4.69) is 5.32 Å². The highest BCUT2D eigenvalue weighted by atomic mass is 16.3. The average Bonchev–Trinajstić information content (AvgIpc) is 2.18. The van der Waals surface area contributed by atoms with Gasteiger partial charge in [0.05, 0.1) is 5.60 Å². The Balaban J connectivity index is 2.15. The van der Waals surface area contributed by atoms with Crippen LogP contribution < -0.4 is 5.32 Å². The molecule has 1 unspecified atom stereocenters. The van der Waals surface area contributed by atoms with Crippen LogP contribution in [0.2, 0.25) is 0 Å². The summed E-state index contributed by atoms with van der Waals surface area (Å²) in [5.41, 5.74) is -0.479. The SMILES string of the molecule is CC(CO)CNCC1(O)CCCCC1. The first-order valence-corrected chi connectivity index (χ1v) is 5.70. The van der Waals surface area contributed by atoms with Crippen molar-refractivity contribution in [3.63, 3.8) is 0 Å². The minimum atomic E-state index is -0.479. The smallest absolute Gasteiger partial charge is 0.0771 e. The molecule has 84 valence electrons. The summed E-state index contributed by atoms with van der Waals surface area (Å²) < 4.78 is 0. The van der Waals surface area contributed by atoms with Gasteiger partial charge in [0.2, 0.25) is 0 Å². The zero-order chi connectivity index (χ0) is 10.4. The van der Waals surface area contributed by atoms with Gasteiger partial charge in [-0.25, -0.2) is 0 Å². The normalized spacial score (nSPS) is 23.4. The molecule has 1 fully saturated rings. The fourth-order valence-electron chi connectivity index (χ4n) is 2.00. The summed E-state index contributed by atoms with van der Waals surface area (Å²) in [6.45, 7) is 3.68. The van der Waals surface area contributed by atoms with E-state index >= 15 is 0 Å². The molecule has 0 aromatic heterocycles. The van der Waals surface area contributed by atoms with Gasteiger partial charge in [0, 0.05) is 13.2 Å². The van der Waals surface area contributed by atoms with Gasteiger partial charge in [0.15, 0.2) is 0 Å². The standard InChI is InChI=1S/C11H23NO2/c1-10(8-13)7-12-9-11(14)5-3-2-4-6-11/h10,12-14H,2-9H2,1H3. The van der Waals surface area contributed by atoms with Gasteiger partial charge in [-0.15, -0.1) is 0 Å². The zero-order valence-electron chi connectivity index (χ0n) is 9.13. The highest BCUT2D eigenvalue weighted by molar-refractivity contribution is 4.84. The van der Waals surface area contributed by atoms with Crippen LogP contribution in [0.1, 0.15) is 39.0 Å². The first-order chi connectivity index (χ1) is 6.66. The van der Waals surface area contributed by atoms with Crippen molar-refractivity contribution in [2.24, 2.45) is 5.92 Å². The molecule has 14 heavy (non-hydrogen) atoms. The van der Waals surface area contributed by atoms with Crippen LogP contribution in [0.5, 0.6) is 0 Å². The molecule has 0 spiro atoms. The molecular formula is C11H23NO2. The molecule has 0 aromatic carbocycles. The summed E-state index contributed by atoms with van der Waals surface area (Å²) in [7, 11) is 0. The second-order valence-corrected chi connectivity index (χ2v) is 4.70. The number of hydrogen-bond acceptors (Lipinski definition) is 3. The molecule has 0 bridgehead atoms. The second kappa shape index (κ2) is 5.69. The van der Waals surface area contributed by atoms with Crippen molar-refractivity contribution in [2.45, 2.75) is 44.6 Å². The number of hydrogen-bond donors (Lipinski definition) is 3. The van der Waals surface area contributed by atoms with Gasteiger partial charge in [-0.05, 0) is 25.3 Å². The second-order valence-electron chi connectivity index (χ2n) is 4.70. The van der Waals surface area contributed by atoms with E-state index < -0.39 is 5.60 Å². The Labute approximate surface area is 86.5 Å². The van der Waals surface area contributed by atoms with E-state index in [1.165, 1.54) is 6.42 Å². The summed E-state index contributed by atoms with van der Waals surface area (Å²) in [5, 5.41) is 22.2. The molecule has 0 aliphatic heterocycles. The molecule has 0 aromatic rings. The zero-order valence-corrected chi connectivity index (χ0v) is 9.13. The first kappa shape index (κ1) is 12.0. The Morgan fingerprint density at radius 1 is 1.29 bits per heavy atom. The molecule has 0 radical (unpaired) electrons. The molecular weight excluding hydrogens is 178 g/mol. The van der Waals surface area contributed by atoms with Crippen LogP contribution in [0.25, 0.3) is 0 Å². The quantitative estimate of drug-likeness (QED) is 0.619. The minimum absolute atomic E-state index is 0.214. The van der Waals surface area contributed by atoms with Gasteiger partial charge in [-0.3, -0.25) is 0 Å². The maximum atomic E-state index is 10.1. The Morgan fingerprint density at radius 3 is 2.50 bits per heavy atom. The lowest BCUT2D eigenvalue weighted by atomic mass is 9.85. The number of aliphatic hydroxyl groups excluding tert-OH is 1. The molecule has 1 atom stereocenters. The third kappa shape index (κ3) is 3.95. The summed E-state index contributed by atoms with van der Waals surface area (Å²) in [5.74, 6) is 0.280. The molecule has 0 heterocycles. The monoisotopic (exact) mass is 201 g/mol. The van der Waals surface area contributed by atoms with Gasteiger partial charge in [0.25, 0.3) is 0 Å². The fraction of sp³-hybridized carbons (Fsp3) is 1.00. The van der Waals surface area contributed by atoms with Crippen molar-refractivity contribution in [3.8, 4) is 0 Å². The minimum Gasteiger partial charge on any atom is -0.396 e. The van der Waals surface area contributed by atoms with E-state index in [1.54, 1.807) is 0 Å². The highest BCUT2D eigenvalue weighted by Crippen LogP contribution is 2.27. The molecule has 1 aliphatic carbocycles. The van der Waals surface area contributed by atoms with Gasteiger partial charge < -0.3 is 15.5 Å². The molecule has 3 N–H and O–H groups in total. The topological polar surface area (TPSA) is 52.5 Å². The lowest BCUT2D eigenvalue weighted by Crippen LogP contribution is -2.43. The third-order valence-corrected chi connectivity index (χ3v) is 3.04. The Kier molecular flexibility index (Phi) is 4.85. The van der Waals surface area contributed by atoms with Crippen LogP contribution in [-0.2, 0) is 0 Å². The van der Waals surface area contributed by atoms with Crippen molar-refractivity contribution in [1.82, 2.24) is 5.32 Å². The molecule has 0 saturated heterocycles. The maximum Gasteiger partial charge on any atom is 0.0771 e. The van der Waals surface area contributed by atoms with Crippen LogP contribution in [0.4, 0.5) is 0 Å². The van der Waals surface area contributed by atoms with Crippen molar-refractivity contribution in [2.75, 3.05) is 19.7 Å². The van der Waals surface area contributed by atoms with Crippen LogP contribution in [0.15, 0.2) is 0 Å². The number of aliphatic hydroxyl groups is 2.